The highest BCUT2D eigenvalue weighted by Crippen LogP contribution is 2.13. The largest absolute Gasteiger partial charge is 0.344 e. The monoisotopic (exact) mass is 237 g/mol. The van der Waals surface area contributed by atoms with Crippen LogP contribution >= 0.6 is 11.3 Å². The summed E-state index contributed by atoms with van der Waals surface area (Å²) in [5, 5.41) is 2.63. The Morgan fingerprint density at radius 3 is 3.06 bits per heavy atom. The fraction of sp³-hybridized carbons (Fsp3) is 0.455. The molecule has 1 heterocycles. The molecule has 0 radical (unpaired) electrons. The van der Waals surface area contributed by atoms with E-state index in [9.17, 15) is 4.79 Å². The van der Waals surface area contributed by atoms with Crippen LogP contribution in [-0.2, 0) is 11.3 Å². The van der Waals surface area contributed by atoms with Gasteiger partial charge in [0, 0.05) is 11.4 Å². The Balaban J connectivity index is 2.37. The Morgan fingerprint density at radius 1 is 1.75 bits per heavy atom. The first-order valence-electron chi connectivity index (χ1n) is 4.91. The van der Waals surface area contributed by atoms with Crippen molar-refractivity contribution in [2.45, 2.75) is 13.5 Å². The van der Waals surface area contributed by atoms with Crippen molar-refractivity contribution in [3.05, 3.63) is 16.1 Å². The summed E-state index contributed by atoms with van der Waals surface area (Å²) in [5.41, 5.74) is 2.84. The number of rotatable bonds is 5. The predicted molar refractivity (Wildman–Crippen MR) is 65.0 cm³/mol. The molecule has 1 amide bonds. The second-order valence-electron chi connectivity index (χ2n) is 3.51. The van der Waals surface area contributed by atoms with Crippen LogP contribution in [0.1, 0.15) is 10.6 Å². The molecule has 86 valence electrons. The molecular formula is C11H15N3OS. The number of hydrogen-bond acceptors (Lipinski definition) is 4. The van der Waals surface area contributed by atoms with E-state index in [1.165, 1.54) is 4.88 Å². The van der Waals surface area contributed by atoms with Crippen molar-refractivity contribution in [1.82, 2.24) is 15.2 Å². The molecule has 0 aromatic carbocycles. The quantitative estimate of drug-likeness (QED) is 0.764. The standard InChI is InChI=1S/C11H15N3OS/c1-4-5-12-11(15)7-14(3)6-10-9(2)13-8-16-10/h1,8H,5-7H2,2-3H3,(H,12,15). The van der Waals surface area contributed by atoms with Crippen LogP contribution in [0.5, 0.6) is 0 Å². The first kappa shape index (κ1) is 12.7. The molecule has 0 saturated heterocycles. The first-order chi connectivity index (χ1) is 7.63. The molecule has 0 saturated carbocycles. The van der Waals surface area contributed by atoms with Crippen molar-refractivity contribution in [3.63, 3.8) is 0 Å². The van der Waals surface area contributed by atoms with Gasteiger partial charge in [-0.1, -0.05) is 5.92 Å². The average molecular weight is 237 g/mol. The number of aryl methyl sites for hydroxylation is 1. The molecule has 0 fully saturated rings. The van der Waals surface area contributed by atoms with Gasteiger partial charge in [-0.3, -0.25) is 9.69 Å². The number of nitrogens with zero attached hydrogens (tertiary/aromatic N) is 2. The van der Waals surface area contributed by atoms with Crippen LogP contribution in [0.15, 0.2) is 5.51 Å². The van der Waals surface area contributed by atoms with E-state index in [0.717, 1.165) is 12.2 Å². The van der Waals surface area contributed by atoms with Crippen LogP contribution in [0.25, 0.3) is 0 Å². The summed E-state index contributed by atoms with van der Waals surface area (Å²) in [5.74, 6) is 2.31. The van der Waals surface area contributed by atoms with Gasteiger partial charge in [0.2, 0.25) is 5.91 Å². The lowest BCUT2D eigenvalue weighted by molar-refractivity contribution is -0.121. The molecule has 0 spiro atoms. The van der Waals surface area contributed by atoms with Crippen molar-refractivity contribution < 1.29 is 4.79 Å². The van der Waals surface area contributed by atoms with E-state index in [0.29, 0.717) is 6.54 Å². The van der Waals surface area contributed by atoms with Gasteiger partial charge in [0.25, 0.3) is 0 Å². The predicted octanol–water partition coefficient (Wildman–Crippen LogP) is 0.633. The van der Waals surface area contributed by atoms with E-state index in [1.807, 2.05) is 24.4 Å². The van der Waals surface area contributed by atoms with Gasteiger partial charge in [0.15, 0.2) is 0 Å². The van der Waals surface area contributed by atoms with E-state index in [-0.39, 0.29) is 12.5 Å². The Kier molecular flexibility index (Phi) is 4.96. The molecule has 5 heteroatoms. The maximum absolute atomic E-state index is 11.4. The van der Waals surface area contributed by atoms with Gasteiger partial charge in [-0.05, 0) is 14.0 Å². The van der Waals surface area contributed by atoms with E-state index in [1.54, 1.807) is 11.3 Å². The second-order valence-corrected chi connectivity index (χ2v) is 4.45. The van der Waals surface area contributed by atoms with E-state index >= 15 is 0 Å². The molecule has 0 unspecified atom stereocenters. The van der Waals surface area contributed by atoms with Crippen LogP contribution in [0, 0.1) is 19.3 Å². The van der Waals surface area contributed by atoms with E-state index in [4.69, 9.17) is 6.42 Å². The summed E-state index contributed by atoms with van der Waals surface area (Å²) in [6, 6.07) is 0. The molecule has 1 rings (SSSR count). The number of thiazole rings is 1. The molecule has 1 aromatic heterocycles. The van der Waals surface area contributed by atoms with Gasteiger partial charge in [-0.25, -0.2) is 4.98 Å². The number of likely N-dealkylation sites (N-methyl/N-ethyl adjacent to an activating group) is 1. The topological polar surface area (TPSA) is 45.2 Å². The number of terminal acetylenes is 1. The minimum Gasteiger partial charge on any atom is -0.344 e. The number of carbonyl (C=O) groups is 1. The lowest BCUT2D eigenvalue weighted by Gasteiger charge is -2.14. The number of amides is 1. The highest BCUT2D eigenvalue weighted by molar-refractivity contribution is 7.09. The molecule has 1 N–H and O–H groups in total. The van der Waals surface area contributed by atoms with Gasteiger partial charge >= 0.3 is 0 Å². The summed E-state index contributed by atoms with van der Waals surface area (Å²) >= 11 is 1.61. The average Bonchev–Trinajstić information content (AvgIpc) is 2.61. The Labute approximate surface area is 99.7 Å². The molecule has 4 nitrogen and oxygen atoms in total. The first-order valence-corrected chi connectivity index (χ1v) is 5.79. The zero-order valence-electron chi connectivity index (χ0n) is 9.49. The van der Waals surface area contributed by atoms with Gasteiger partial charge in [-0.15, -0.1) is 17.8 Å². The van der Waals surface area contributed by atoms with Crippen LogP contribution in [0.4, 0.5) is 0 Å². The molecule has 16 heavy (non-hydrogen) atoms. The smallest absolute Gasteiger partial charge is 0.234 e. The van der Waals surface area contributed by atoms with Gasteiger partial charge in [0.1, 0.15) is 0 Å². The zero-order chi connectivity index (χ0) is 12.0. The Hall–Kier alpha value is -1.38. The summed E-state index contributed by atoms with van der Waals surface area (Å²) in [7, 11) is 1.90. The zero-order valence-corrected chi connectivity index (χ0v) is 10.3. The third kappa shape index (κ3) is 4.01. The fourth-order valence-electron chi connectivity index (χ4n) is 1.23. The van der Waals surface area contributed by atoms with Crippen LogP contribution in [0.3, 0.4) is 0 Å². The highest BCUT2D eigenvalue weighted by Gasteiger charge is 2.08. The lowest BCUT2D eigenvalue weighted by atomic mass is 10.3. The van der Waals surface area contributed by atoms with Crippen molar-refractivity contribution >= 4 is 17.2 Å². The van der Waals surface area contributed by atoms with Crippen molar-refractivity contribution in [2.75, 3.05) is 20.1 Å². The summed E-state index contributed by atoms with van der Waals surface area (Å²) in [6.45, 7) is 3.34. The summed E-state index contributed by atoms with van der Waals surface area (Å²) in [4.78, 5) is 18.7. The van der Waals surface area contributed by atoms with E-state index < -0.39 is 0 Å². The third-order valence-electron chi connectivity index (χ3n) is 2.06. The molecule has 0 aliphatic carbocycles. The number of aromatic nitrogens is 1. The fourth-order valence-corrected chi connectivity index (χ4v) is 2.09. The molecule has 1 aromatic rings. The second kappa shape index (κ2) is 6.26. The minimum atomic E-state index is -0.0531. The Morgan fingerprint density at radius 2 is 2.50 bits per heavy atom. The molecular weight excluding hydrogens is 222 g/mol. The molecule has 0 atom stereocenters. The maximum Gasteiger partial charge on any atom is 0.234 e. The van der Waals surface area contributed by atoms with Crippen LogP contribution in [0.2, 0.25) is 0 Å². The molecule has 0 aliphatic heterocycles. The number of carbonyl (C=O) groups excluding carboxylic acids is 1. The van der Waals surface area contributed by atoms with E-state index in [2.05, 4.69) is 16.2 Å². The summed E-state index contributed by atoms with van der Waals surface area (Å²) < 4.78 is 0. The lowest BCUT2D eigenvalue weighted by Crippen LogP contribution is -2.34. The highest BCUT2D eigenvalue weighted by atomic mass is 32.1. The number of nitrogens with one attached hydrogen (secondary N) is 1. The van der Waals surface area contributed by atoms with Gasteiger partial charge in [-0.2, -0.15) is 0 Å². The van der Waals surface area contributed by atoms with Gasteiger partial charge < -0.3 is 5.32 Å². The van der Waals surface area contributed by atoms with Gasteiger partial charge in [0.05, 0.1) is 24.3 Å². The minimum absolute atomic E-state index is 0.0531. The maximum atomic E-state index is 11.4. The third-order valence-corrected chi connectivity index (χ3v) is 2.98. The van der Waals surface area contributed by atoms with Crippen LogP contribution in [-0.4, -0.2) is 35.9 Å². The number of hydrogen-bond donors (Lipinski definition) is 1. The molecule has 0 aliphatic rings. The Bertz CT molecular complexity index is 394. The van der Waals surface area contributed by atoms with Crippen molar-refractivity contribution in [2.24, 2.45) is 0 Å². The van der Waals surface area contributed by atoms with Crippen molar-refractivity contribution in [1.29, 1.82) is 0 Å². The van der Waals surface area contributed by atoms with Crippen LogP contribution < -0.4 is 5.32 Å². The van der Waals surface area contributed by atoms with Crippen molar-refractivity contribution in [3.8, 4) is 12.3 Å². The normalized spacial score (nSPS) is 10.1. The molecule has 0 bridgehead atoms. The summed E-state index contributed by atoms with van der Waals surface area (Å²) in [6.07, 6.45) is 5.05. The SMILES string of the molecule is C#CCNC(=O)CN(C)Cc1scnc1C.